The molecule has 2 amide bonds. The topological polar surface area (TPSA) is 75.7 Å². The molecule has 1 fully saturated rings. The second-order valence-electron chi connectivity index (χ2n) is 10.4. The van der Waals surface area contributed by atoms with Crippen molar-refractivity contribution in [1.29, 1.82) is 0 Å². The van der Waals surface area contributed by atoms with Crippen LogP contribution in [0.25, 0.3) is 0 Å². The summed E-state index contributed by atoms with van der Waals surface area (Å²) in [7, 11) is 0. The molecular formula is C36H33N2O4PS. The van der Waals surface area contributed by atoms with E-state index >= 15 is 0 Å². The number of allylic oxidation sites excluding steroid dienone is 1. The monoisotopic (exact) mass is 620 g/mol. The van der Waals surface area contributed by atoms with E-state index in [9.17, 15) is 14.4 Å². The highest BCUT2D eigenvalue weighted by Crippen LogP contribution is 2.49. The van der Waals surface area contributed by atoms with Crippen molar-refractivity contribution in [3.63, 3.8) is 0 Å². The molecule has 0 bridgehead atoms. The maximum absolute atomic E-state index is 14.6. The summed E-state index contributed by atoms with van der Waals surface area (Å²) in [6.07, 6.45) is 3.75. The van der Waals surface area contributed by atoms with E-state index in [-0.39, 0.29) is 30.9 Å². The first-order chi connectivity index (χ1) is 21.4. The molecule has 1 N–H and O–H groups in total. The Morgan fingerprint density at radius 3 is 1.77 bits per heavy atom. The van der Waals surface area contributed by atoms with Gasteiger partial charge in [0.25, 0.3) is 0 Å². The molecule has 1 saturated heterocycles. The van der Waals surface area contributed by atoms with Crippen molar-refractivity contribution >= 4 is 63.1 Å². The van der Waals surface area contributed by atoms with Crippen molar-refractivity contribution in [3.05, 3.63) is 139 Å². The van der Waals surface area contributed by atoms with Gasteiger partial charge in [-0.3, -0.25) is 9.59 Å². The molecule has 222 valence electrons. The van der Waals surface area contributed by atoms with Crippen LogP contribution in [0.4, 0.5) is 0 Å². The lowest BCUT2D eigenvalue weighted by Crippen LogP contribution is -2.60. The third kappa shape index (κ3) is 6.65. The Bertz CT molecular complexity index is 1620. The van der Waals surface area contributed by atoms with Crippen LogP contribution in [0.1, 0.15) is 25.3 Å². The molecule has 1 aliphatic rings. The largest absolute Gasteiger partial charge is 0.456 e. The molecule has 1 atom stereocenters. The van der Waals surface area contributed by atoms with Gasteiger partial charge in [-0.2, -0.15) is 0 Å². The summed E-state index contributed by atoms with van der Waals surface area (Å²) in [4.78, 5) is 41.8. The number of rotatable bonds is 11. The highest BCUT2D eigenvalue weighted by atomic mass is 32.1. The molecule has 1 heterocycles. The summed E-state index contributed by atoms with van der Waals surface area (Å²) >= 11 is 5.62. The van der Waals surface area contributed by atoms with Gasteiger partial charge in [0, 0.05) is 37.7 Å². The SMILES string of the molecule is CC(=O)N/C=C/C(=S)CC1CC(=O)N1C(C(=O)OCc1ccccc1)=P(c1ccccc1)(c1ccccc1)c1ccccc1. The summed E-state index contributed by atoms with van der Waals surface area (Å²) in [6.45, 7) is -1.51. The maximum atomic E-state index is 14.6. The molecule has 0 aliphatic carbocycles. The van der Waals surface area contributed by atoms with Gasteiger partial charge < -0.3 is 15.0 Å². The molecule has 4 aromatic carbocycles. The highest BCUT2D eigenvalue weighted by Gasteiger charge is 2.47. The second kappa shape index (κ2) is 14.3. The first-order valence-corrected chi connectivity index (χ1v) is 16.5. The van der Waals surface area contributed by atoms with Crippen LogP contribution in [-0.4, -0.2) is 39.0 Å². The Labute approximate surface area is 263 Å². The average Bonchev–Trinajstić information content (AvgIpc) is 3.05. The zero-order valence-corrected chi connectivity index (χ0v) is 26.0. The van der Waals surface area contributed by atoms with E-state index in [4.69, 9.17) is 17.0 Å². The third-order valence-corrected chi connectivity index (χ3v) is 12.0. The van der Waals surface area contributed by atoms with E-state index in [0.29, 0.717) is 16.7 Å². The molecule has 0 spiro atoms. The van der Waals surface area contributed by atoms with Gasteiger partial charge in [0.15, 0.2) is 0 Å². The normalized spacial score (nSPS) is 14.5. The molecule has 1 aliphatic heterocycles. The maximum Gasteiger partial charge on any atom is 0.356 e. The van der Waals surface area contributed by atoms with E-state index in [1.807, 2.05) is 121 Å². The summed E-state index contributed by atoms with van der Waals surface area (Å²) < 4.78 is 6.07. The van der Waals surface area contributed by atoms with Crippen molar-refractivity contribution in [1.82, 2.24) is 10.2 Å². The number of carbonyl (C=O) groups is 3. The van der Waals surface area contributed by atoms with Crippen molar-refractivity contribution in [2.75, 3.05) is 0 Å². The molecule has 8 heteroatoms. The number of benzene rings is 4. The second-order valence-corrected chi connectivity index (χ2v) is 14.2. The molecule has 0 radical (unpaired) electrons. The van der Waals surface area contributed by atoms with E-state index in [0.717, 1.165) is 21.5 Å². The lowest BCUT2D eigenvalue weighted by Gasteiger charge is -2.45. The standard InChI is InChI=1S/C36H33N2O4PS/c1-27(39)37-23-22-33(44)24-29-25-34(40)38(29)35(36(41)42-26-28-14-6-2-7-15-28)43(30-16-8-3-9-17-30,31-18-10-4-11-19-31)32-20-12-5-13-21-32/h2-23,29H,24-26H2,1H3,(H,37,39)/b23-22+. The zero-order valence-electron chi connectivity index (χ0n) is 24.3. The number of esters is 1. The fourth-order valence-corrected chi connectivity index (χ4v) is 10.1. The number of nitrogens with one attached hydrogen (secondary N) is 1. The van der Waals surface area contributed by atoms with Crippen LogP contribution in [-0.2, 0) is 25.7 Å². The number of ether oxygens (including phenoxy) is 1. The number of thiocarbonyl (C=S) groups is 1. The fourth-order valence-electron chi connectivity index (χ4n) is 5.44. The minimum absolute atomic E-state index is 0.0616. The fraction of sp³-hybridized carbons (Fsp3) is 0.139. The first kappa shape index (κ1) is 30.9. The van der Waals surface area contributed by atoms with Gasteiger partial charge >= 0.3 is 5.97 Å². The molecule has 44 heavy (non-hydrogen) atoms. The first-order valence-electron chi connectivity index (χ1n) is 14.3. The molecule has 0 saturated carbocycles. The van der Waals surface area contributed by atoms with Gasteiger partial charge in [-0.25, -0.2) is 4.79 Å². The number of nitrogens with zero attached hydrogens (tertiary/aromatic N) is 1. The number of amides is 2. The predicted octanol–water partition coefficient (Wildman–Crippen LogP) is 4.86. The van der Waals surface area contributed by atoms with E-state index in [1.54, 1.807) is 11.0 Å². The highest BCUT2D eigenvalue weighted by molar-refractivity contribution is 7.96. The van der Waals surface area contributed by atoms with Gasteiger partial charge in [-0.15, -0.1) is 0 Å². The van der Waals surface area contributed by atoms with Gasteiger partial charge in [0.1, 0.15) is 12.0 Å². The Morgan fingerprint density at radius 2 is 1.32 bits per heavy atom. The predicted molar refractivity (Wildman–Crippen MR) is 182 cm³/mol. The molecular weight excluding hydrogens is 587 g/mol. The zero-order chi connectivity index (χ0) is 30.9. The Morgan fingerprint density at radius 1 is 0.841 bits per heavy atom. The smallest absolute Gasteiger partial charge is 0.356 e. The van der Waals surface area contributed by atoms with Crippen molar-refractivity contribution in [3.8, 4) is 0 Å². The molecule has 5 rings (SSSR count). The van der Waals surface area contributed by atoms with Crippen LogP contribution >= 0.6 is 19.1 Å². The minimum Gasteiger partial charge on any atom is -0.456 e. The summed E-state index contributed by atoms with van der Waals surface area (Å²) in [5.74, 6) is -0.914. The van der Waals surface area contributed by atoms with Crippen LogP contribution in [0.15, 0.2) is 134 Å². The van der Waals surface area contributed by atoms with Crippen LogP contribution in [0.2, 0.25) is 0 Å². The van der Waals surface area contributed by atoms with Crippen LogP contribution in [0.5, 0.6) is 0 Å². The van der Waals surface area contributed by atoms with E-state index < -0.39 is 12.9 Å². The quantitative estimate of drug-likeness (QED) is 0.0853. The number of β-lactam (4-membered cyclic amide) rings is 1. The van der Waals surface area contributed by atoms with Crippen molar-refractivity contribution in [2.45, 2.75) is 32.4 Å². The summed E-state index contributed by atoms with van der Waals surface area (Å²) in [5, 5.41) is 5.39. The van der Waals surface area contributed by atoms with Crippen LogP contribution in [0.3, 0.4) is 0 Å². The molecule has 1 unspecified atom stereocenters. The van der Waals surface area contributed by atoms with Gasteiger partial charge in [0.05, 0.1) is 6.04 Å². The Kier molecular flexibility index (Phi) is 10.0. The van der Waals surface area contributed by atoms with Gasteiger partial charge in [-0.1, -0.05) is 134 Å². The van der Waals surface area contributed by atoms with Gasteiger partial charge in [0.2, 0.25) is 11.8 Å². The van der Waals surface area contributed by atoms with Gasteiger partial charge in [-0.05, 0) is 27.6 Å². The Hall–Kier alpha value is -4.58. The van der Waals surface area contributed by atoms with Crippen molar-refractivity contribution < 1.29 is 19.1 Å². The van der Waals surface area contributed by atoms with Crippen LogP contribution < -0.4 is 21.2 Å². The van der Waals surface area contributed by atoms with Crippen LogP contribution in [0, 0.1) is 0 Å². The molecule has 4 aromatic rings. The van der Waals surface area contributed by atoms with Crippen molar-refractivity contribution in [2.24, 2.45) is 0 Å². The number of carbonyl (C=O) groups excluding carboxylic acids is 3. The lowest BCUT2D eigenvalue weighted by molar-refractivity contribution is -0.144. The summed E-state index contributed by atoms with van der Waals surface area (Å²) in [5.41, 5.74) is 1.17. The summed E-state index contributed by atoms with van der Waals surface area (Å²) in [6, 6.07) is 38.9. The minimum atomic E-state index is -2.99. The van der Waals surface area contributed by atoms with E-state index in [2.05, 4.69) is 5.32 Å². The molecule has 6 nitrogen and oxygen atoms in total. The number of hydrogen-bond acceptors (Lipinski definition) is 5. The molecule has 0 aromatic heterocycles. The number of hydrogen-bond donors (Lipinski definition) is 1. The van der Waals surface area contributed by atoms with E-state index in [1.165, 1.54) is 13.1 Å². The third-order valence-electron chi connectivity index (χ3n) is 7.41. The lowest BCUT2D eigenvalue weighted by atomic mass is 9.97. The average molecular weight is 621 g/mol. The number of likely N-dealkylation sites (tertiary alicyclic amines) is 1. The Balaban J connectivity index is 1.76.